The first kappa shape index (κ1) is 13.5. The Morgan fingerprint density at radius 2 is 2.19 bits per heavy atom. The molecule has 0 aliphatic rings. The van der Waals surface area contributed by atoms with Gasteiger partial charge >= 0.3 is 0 Å². The first-order valence-corrected chi connectivity index (χ1v) is 6.84. The number of H-pyrrole nitrogens is 1. The van der Waals surface area contributed by atoms with E-state index in [1.165, 1.54) is 6.42 Å². The Hall–Kier alpha value is -0.550. The Morgan fingerprint density at radius 1 is 1.44 bits per heavy atom. The molecule has 0 saturated carbocycles. The van der Waals surface area contributed by atoms with Crippen molar-refractivity contribution in [2.45, 2.75) is 57.0 Å². The van der Waals surface area contributed by atoms with Gasteiger partial charge in [-0.25, -0.2) is 4.98 Å². The second kappa shape index (κ2) is 6.91. The van der Waals surface area contributed by atoms with Gasteiger partial charge in [0, 0.05) is 11.3 Å². The fraction of sp³-hybridized carbons (Fsp3) is 0.818. The quantitative estimate of drug-likeness (QED) is 0.721. The molecule has 1 heterocycles. The molecule has 1 aromatic heterocycles. The zero-order valence-corrected chi connectivity index (χ0v) is 11.4. The average Bonchev–Trinajstić information content (AvgIpc) is 2.65. The summed E-state index contributed by atoms with van der Waals surface area (Å²) in [5.74, 6) is 0.879. The highest BCUT2D eigenvalue weighted by molar-refractivity contribution is 7.99. The number of rotatable bonds is 7. The second-order valence-corrected chi connectivity index (χ2v) is 5.34. The van der Waals surface area contributed by atoms with Crippen molar-refractivity contribution in [3.8, 4) is 0 Å². The van der Waals surface area contributed by atoms with E-state index in [0.717, 1.165) is 23.9 Å². The minimum absolute atomic E-state index is 0.492. The third-order valence-electron chi connectivity index (χ3n) is 2.53. The highest BCUT2D eigenvalue weighted by Gasteiger charge is 2.17. The van der Waals surface area contributed by atoms with Crippen molar-refractivity contribution in [3.05, 3.63) is 5.82 Å². The first-order chi connectivity index (χ1) is 7.67. The highest BCUT2D eigenvalue weighted by Crippen LogP contribution is 2.22. The molecule has 0 radical (unpaired) electrons. The number of aromatic amines is 1. The van der Waals surface area contributed by atoms with Crippen LogP contribution in [-0.2, 0) is 0 Å². The fourth-order valence-electron chi connectivity index (χ4n) is 1.60. The summed E-state index contributed by atoms with van der Waals surface area (Å²) in [5.41, 5.74) is 0. The lowest BCUT2D eigenvalue weighted by Gasteiger charge is -2.22. The molecule has 2 unspecified atom stereocenters. The molecule has 0 spiro atoms. The number of hydrogen-bond donors (Lipinski definition) is 2. The van der Waals surface area contributed by atoms with Crippen molar-refractivity contribution in [2.75, 3.05) is 6.54 Å². The molecule has 4 nitrogen and oxygen atoms in total. The van der Waals surface area contributed by atoms with E-state index in [9.17, 15) is 0 Å². The Bertz CT molecular complexity index is 300. The van der Waals surface area contributed by atoms with E-state index in [0.29, 0.717) is 11.3 Å². The SMILES string of the molecule is CCCNC(CC)C(C)Sc1n[nH]c(C)n1. The number of aromatic nitrogens is 3. The topological polar surface area (TPSA) is 53.6 Å². The highest BCUT2D eigenvalue weighted by atomic mass is 32.2. The zero-order chi connectivity index (χ0) is 12.0. The molecule has 5 heteroatoms. The summed E-state index contributed by atoms with van der Waals surface area (Å²) < 4.78 is 0. The van der Waals surface area contributed by atoms with Crippen LogP contribution in [0.5, 0.6) is 0 Å². The molecule has 0 amide bonds. The van der Waals surface area contributed by atoms with Gasteiger partial charge in [-0.1, -0.05) is 32.5 Å². The lowest BCUT2D eigenvalue weighted by Crippen LogP contribution is -2.36. The van der Waals surface area contributed by atoms with Gasteiger partial charge in [-0.15, -0.1) is 5.10 Å². The first-order valence-electron chi connectivity index (χ1n) is 5.96. The molecule has 92 valence electrons. The van der Waals surface area contributed by atoms with Crippen LogP contribution in [0.15, 0.2) is 5.16 Å². The fourth-order valence-corrected chi connectivity index (χ4v) is 2.67. The molecule has 2 atom stereocenters. The maximum absolute atomic E-state index is 4.32. The van der Waals surface area contributed by atoms with E-state index in [-0.39, 0.29) is 0 Å². The van der Waals surface area contributed by atoms with Gasteiger partial charge in [0.05, 0.1) is 0 Å². The van der Waals surface area contributed by atoms with Gasteiger partial charge in [-0.3, -0.25) is 5.10 Å². The summed E-state index contributed by atoms with van der Waals surface area (Å²) in [7, 11) is 0. The molecular formula is C11H22N4S. The third-order valence-corrected chi connectivity index (χ3v) is 3.62. The zero-order valence-electron chi connectivity index (χ0n) is 10.6. The standard InChI is InChI=1S/C11H22N4S/c1-5-7-12-10(6-2)8(3)16-11-13-9(4)14-15-11/h8,10,12H,5-7H2,1-4H3,(H,13,14,15). The van der Waals surface area contributed by atoms with Gasteiger partial charge in [0.15, 0.2) is 0 Å². The van der Waals surface area contributed by atoms with Gasteiger partial charge in [0.1, 0.15) is 5.82 Å². The smallest absolute Gasteiger partial charge is 0.208 e. The van der Waals surface area contributed by atoms with E-state index in [2.05, 4.69) is 41.3 Å². The van der Waals surface area contributed by atoms with Crippen LogP contribution in [0, 0.1) is 6.92 Å². The van der Waals surface area contributed by atoms with Crippen molar-refractivity contribution in [3.63, 3.8) is 0 Å². The van der Waals surface area contributed by atoms with Crippen molar-refractivity contribution < 1.29 is 0 Å². The van der Waals surface area contributed by atoms with Crippen LogP contribution in [-0.4, -0.2) is 33.0 Å². The van der Waals surface area contributed by atoms with Crippen LogP contribution < -0.4 is 5.32 Å². The molecule has 0 aromatic carbocycles. The average molecular weight is 242 g/mol. The van der Waals surface area contributed by atoms with E-state index in [1.54, 1.807) is 11.8 Å². The van der Waals surface area contributed by atoms with Crippen LogP contribution in [0.1, 0.15) is 39.4 Å². The molecule has 0 saturated heterocycles. The molecular weight excluding hydrogens is 220 g/mol. The van der Waals surface area contributed by atoms with E-state index in [4.69, 9.17) is 0 Å². The van der Waals surface area contributed by atoms with Crippen molar-refractivity contribution in [1.29, 1.82) is 0 Å². The summed E-state index contributed by atoms with van der Waals surface area (Å²) in [5, 5.41) is 11.9. The summed E-state index contributed by atoms with van der Waals surface area (Å²) in [6, 6.07) is 0.531. The summed E-state index contributed by atoms with van der Waals surface area (Å²) in [4.78, 5) is 4.32. The second-order valence-electron chi connectivity index (χ2n) is 4.00. The summed E-state index contributed by atoms with van der Waals surface area (Å²) >= 11 is 1.73. The molecule has 2 N–H and O–H groups in total. The molecule has 1 rings (SSSR count). The van der Waals surface area contributed by atoms with E-state index >= 15 is 0 Å². The van der Waals surface area contributed by atoms with Gasteiger partial charge in [0.25, 0.3) is 0 Å². The van der Waals surface area contributed by atoms with Crippen molar-refractivity contribution in [1.82, 2.24) is 20.5 Å². The van der Waals surface area contributed by atoms with Crippen LogP contribution in [0.4, 0.5) is 0 Å². The Balaban J connectivity index is 2.45. The number of nitrogens with zero attached hydrogens (tertiary/aromatic N) is 2. The lowest BCUT2D eigenvalue weighted by atomic mass is 10.1. The molecule has 16 heavy (non-hydrogen) atoms. The van der Waals surface area contributed by atoms with Crippen molar-refractivity contribution >= 4 is 11.8 Å². The Morgan fingerprint density at radius 3 is 2.69 bits per heavy atom. The van der Waals surface area contributed by atoms with Crippen LogP contribution in [0.25, 0.3) is 0 Å². The molecule has 1 aromatic rings. The number of hydrogen-bond acceptors (Lipinski definition) is 4. The normalized spacial score (nSPS) is 15.0. The minimum atomic E-state index is 0.492. The van der Waals surface area contributed by atoms with Crippen LogP contribution >= 0.6 is 11.8 Å². The lowest BCUT2D eigenvalue weighted by molar-refractivity contribution is 0.493. The molecule has 0 aliphatic carbocycles. The molecule has 0 bridgehead atoms. The number of thioether (sulfide) groups is 1. The number of nitrogens with one attached hydrogen (secondary N) is 2. The van der Waals surface area contributed by atoms with Crippen LogP contribution in [0.3, 0.4) is 0 Å². The monoisotopic (exact) mass is 242 g/mol. The summed E-state index contributed by atoms with van der Waals surface area (Å²) in [6.07, 6.45) is 2.31. The maximum Gasteiger partial charge on any atom is 0.208 e. The largest absolute Gasteiger partial charge is 0.313 e. The van der Waals surface area contributed by atoms with Gasteiger partial charge in [0.2, 0.25) is 5.16 Å². The van der Waals surface area contributed by atoms with Crippen LogP contribution in [0.2, 0.25) is 0 Å². The molecule has 0 fully saturated rings. The maximum atomic E-state index is 4.32. The minimum Gasteiger partial charge on any atom is -0.313 e. The van der Waals surface area contributed by atoms with Gasteiger partial charge in [-0.05, 0) is 26.3 Å². The molecule has 0 aliphatic heterocycles. The Kier molecular flexibility index (Phi) is 5.84. The summed E-state index contributed by atoms with van der Waals surface area (Å²) in [6.45, 7) is 9.64. The predicted octanol–water partition coefficient (Wildman–Crippen LogP) is 2.37. The predicted molar refractivity (Wildman–Crippen MR) is 68.8 cm³/mol. The van der Waals surface area contributed by atoms with Gasteiger partial charge in [-0.2, -0.15) is 0 Å². The Labute approximate surface area is 102 Å². The number of aryl methyl sites for hydroxylation is 1. The van der Waals surface area contributed by atoms with Crippen molar-refractivity contribution in [2.24, 2.45) is 0 Å². The van der Waals surface area contributed by atoms with Gasteiger partial charge < -0.3 is 5.32 Å². The third kappa shape index (κ3) is 4.14. The van der Waals surface area contributed by atoms with E-state index < -0.39 is 0 Å². The van der Waals surface area contributed by atoms with E-state index in [1.807, 2.05) is 6.92 Å².